The summed E-state index contributed by atoms with van der Waals surface area (Å²) in [6.45, 7) is 0. The molecule has 0 atom stereocenters. The van der Waals surface area contributed by atoms with E-state index in [1.807, 2.05) is 60.7 Å². The van der Waals surface area contributed by atoms with E-state index < -0.39 is 5.91 Å². The zero-order valence-electron chi connectivity index (χ0n) is 11.2. The van der Waals surface area contributed by atoms with Gasteiger partial charge in [-0.25, -0.2) is 4.98 Å². The van der Waals surface area contributed by atoms with Gasteiger partial charge >= 0.3 is 0 Å². The molecule has 1 aromatic heterocycles. The molecule has 0 unspecified atom stereocenters. The van der Waals surface area contributed by atoms with E-state index in [4.69, 9.17) is 5.73 Å². The van der Waals surface area contributed by atoms with Crippen LogP contribution in [0.3, 0.4) is 0 Å². The first kappa shape index (κ1) is 11.9. The summed E-state index contributed by atoms with van der Waals surface area (Å²) in [5.41, 5.74) is 7.75. The Morgan fingerprint density at radius 3 is 2.24 bits per heavy atom. The van der Waals surface area contributed by atoms with Gasteiger partial charge < -0.3 is 5.73 Å². The molecule has 3 aromatic carbocycles. The molecular formula is C18H12N2O. The second-order valence-corrected chi connectivity index (χ2v) is 5.08. The van der Waals surface area contributed by atoms with E-state index in [1.54, 1.807) is 0 Å². The summed E-state index contributed by atoms with van der Waals surface area (Å²) in [6.07, 6.45) is 0. The van der Waals surface area contributed by atoms with Crippen molar-refractivity contribution in [3.8, 4) is 0 Å². The van der Waals surface area contributed by atoms with Crippen molar-refractivity contribution in [2.45, 2.75) is 0 Å². The Morgan fingerprint density at radius 2 is 1.48 bits per heavy atom. The predicted octanol–water partition coefficient (Wildman–Crippen LogP) is 3.64. The number of hydrogen-bond donors (Lipinski definition) is 1. The first-order valence-electron chi connectivity index (χ1n) is 6.75. The van der Waals surface area contributed by atoms with Gasteiger partial charge in [0.25, 0.3) is 0 Å². The average Bonchev–Trinajstić information content (AvgIpc) is 2.50. The summed E-state index contributed by atoms with van der Waals surface area (Å²) in [4.78, 5) is 16.6. The number of fused-ring (bicyclic) bond motifs is 3. The third-order valence-corrected chi connectivity index (χ3v) is 3.79. The molecule has 0 bridgehead atoms. The van der Waals surface area contributed by atoms with Crippen molar-refractivity contribution < 1.29 is 4.79 Å². The lowest BCUT2D eigenvalue weighted by atomic mass is 9.99. The number of hydrogen-bond acceptors (Lipinski definition) is 2. The molecule has 0 radical (unpaired) electrons. The van der Waals surface area contributed by atoms with Gasteiger partial charge in [0.2, 0.25) is 5.91 Å². The van der Waals surface area contributed by atoms with Gasteiger partial charge in [-0.05, 0) is 29.0 Å². The van der Waals surface area contributed by atoms with Crippen LogP contribution in [-0.2, 0) is 0 Å². The van der Waals surface area contributed by atoms with Crippen LogP contribution in [-0.4, -0.2) is 10.9 Å². The molecule has 3 heteroatoms. The van der Waals surface area contributed by atoms with Gasteiger partial charge in [-0.15, -0.1) is 0 Å². The van der Waals surface area contributed by atoms with E-state index in [0.717, 1.165) is 32.6 Å². The Labute approximate surface area is 121 Å². The van der Waals surface area contributed by atoms with Crippen molar-refractivity contribution in [2.75, 3.05) is 0 Å². The molecule has 4 aromatic rings. The molecule has 0 saturated carbocycles. The van der Waals surface area contributed by atoms with Crippen LogP contribution in [0, 0.1) is 0 Å². The van der Waals surface area contributed by atoms with Crippen LogP contribution in [0.2, 0.25) is 0 Å². The maximum atomic E-state index is 12.0. The highest BCUT2D eigenvalue weighted by Gasteiger charge is 2.13. The number of pyridine rings is 1. The minimum Gasteiger partial charge on any atom is -0.366 e. The van der Waals surface area contributed by atoms with Crippen molar-refractivity contribution in [1.29, 1.82) is 0 Å². The van der Waals surface area contributed by atoms with Crippen molar-refractivity contribution >= 4 is 38.5 Å². The van der Waals surface area contributed by atoms with Crippen molar-refractivity contribution in [3.05, 3.63) is 66.2 Å². The number of carbonyl (C=O) groups excluding carboxylic acids is 1. The Balaban J connectivity index is 2.28. The number of amides is 1. The number of para-hydroxylation sites is 1. The quantitative estimate of drug-likeness (QED) is 0.538. The lowest BCUT2D eigenvalue weighted by Crippen LogP contribution is -2.12. The minimum atomic E-state index is -0.422. The highest BCUT2D eigenvalue weighted by molar-refractivity contribution is 6.17. The largest absolute Gasteiger partial charge is 0.366 e. The van der Waals surface area contributed by atoms with Crippen LogP contribution < -0.4 is 5.73 Å². The van der Waals surface area contributed by atoms with Gasteiger partial charge in [0.15, 0.2) is 0 Å². The molecule has 4 rings (SSSR count). The smallest absolute Gasteiger partial charge is 0.250 e. The summed E-state index contributed by atoms with van der Waals surface area (Å²) in [5, 5.41) is 3.78. The number of carbonyl (C=O) groups is 1. The molecule has 3 nitrogen and oxygen atoms in total. The number of rotatable bonds is 1. The summed E-state index contributed by atoms with van der Waals surface area (Å²) in [6, 6.07) is 19.6. The third kappa shape index (κ3) is 1.75. The molecular weight excluding hydrogens is 260 g/mol. The number of primary amides is 1. The first-order valence-corrected chi connectivity index (χ1v) is 6.75. The molecule has 100 valence electrons. The van der Waals surface area contributed by atoms with E-state index in [2.05, 4.69) is 4.98 Å². The maximum absolute atomic E-state index is 12.0. The van der Waals surface area contributed by atoms with E-state index in [1.165, 1.54) is 0 Å². The molecule has 0 aliphatic rings. The van der Waals surface area contributed by atoms with Gasteiger partial charge in [-0.3, -0.25) is 4.79 Å². The van der Waals surface area contributed by atoms with Gasteiger partial charge in [0.1, 0.15) is 0 Å². The normalized spacial score (nSPS) is 11.2. The van der Waals surface area contributed by atoms with E-state index in [9.17, 15) is 4.79 Å². The van der Waals surface area contributed by atoms with E-state index in [0.29, 0.717) is 5.56 Å². The average molecular weight is 272 g/mol. The SMILES string of the molecule is NC(=O)c1c2ccccc2nc2cc3ccccc3cc12. The molecule has 0 spiro atoms. The summed E-state index contributed by atoms with van der Waals surface area (Å²) >= 11 is 0. The molecule has 0 saturated heterocycles. The zero-order chi connectivity index (χ0) is 14.4. The maximum Gasteiger partial charge on any atom is 0.250 e. The molecule has 0 aliphatic carbocycles. The van der Waals surface area contributed by atoms with Crippen LogP contribution in [0.4, 0.5) is 0 Å². The summed E-state index contributed by atoms with van der Waals surface area (Å²) in [5.74, 6) is -0.422. The van der Waals surface area contributed by atoms with E-state index in [-0.39, 0.29) is 0 Å². The Kier molecular flexibility index (Phi) is 2.42. The summed E-state index contributed by atoms with van der Waals surface area (Å²) < 4.78 is 0. The van der Waals surface area contributed by atoms with Gasteiger partial charge in [-0.1, -0.05) is 42.5 Å². The molecule has 21 heavy (non-hydrogen) atoms. The summed E-state index contributed by atoms with van der Waals surface area (Å²) in [7, 11) is 0. The van der Waals surface area contributed by atoms with Crippen LogP contribution >= 0.6 is 0 Å². The standard InChI is InChI=1S/C18H12N2O/c19-18(21)17-13-7-3-4-8-15(13)20-16-10-12-6-2-1-5-11(12)9-14(16)17/h1-10H,(H2,19,21). The van der Waals surface area contributed by atoms with Crippen LogP contribution in [0.15, 0.2) is 60.7 Å². The Morgan fingerprint density at radius 1 is 0.810 bits per heavy atom. The lowest BCUT2D eigenvalue weighted by molar-refractivity contribution is 0.100. The fourth-order valence-electron chi connectivity index (χ4n) is 2.84. The third-order valence-electron chi connectivity index (χ3n) is 3.79. The zero-order valence-corrected chi connectivity index (χ0v) is 11.2. The van der Waals surface area contributed by atoms with Crippen LogP contribution in [0.1, 0.15) is 10.4 Å². The molecule has 0 fully saturated rings. The highest BCUT2D eigenvalue weighted by atomic mass is 16.1. The van der Waals surface area contributed by atoms with Crippen molar-refractivity contribution in [1.82, 2.24) is 4.98 Å². The van der Waals surface area contributed by atoms with Crippen LogP contribution in [0.5, 0.6) is 0 Å². The molecule has 2 N–H and O–H groups in total. The second kappa shape index (κ2) is 4.28. The van der Waals surface area contributed by atoms with Gasteiger partial charge in [0, 0.05) is 10.8 Å². The topological polar surface area (TPSA) is 56.0 Å². The van der Waals surface area contributed by atoms with Crippen molar-refractivity contribution in [2.24, 2.45) is 5.73 Å². The monoisotopic (exact) mass is 272 g/mol. The molecule has 1 heterocycles. The van der Waals surface area contributed by atoms with Crippen molar-refractivity contribution in [3.63, 3.8) is 0 Å². The number of aromatic nitrogens is 1. The number of nitrogens with zero attached hydrogens (tertiary/aromatic N) is 1. The Hall–Kier alpha value is -2.94. The first-order chi connectivity index (χ1) is 10.2. The predicted molar refractivity (Wildman–Crippen MR) is 85.3 cm³/mol. The fourth-order valence-corrected chi connectivity index (χ4v) is 2.84. The number of benzene rings is 3. The van der Waals surface area contributed by atoms with E-state index >= 15 is 0 Å². The lowest BCUT2D eigenvalue weighted by Gasteiger charge is -2.09. The van der Waals surface area contributed by atoms with Crippen LogP contribution in [0.25, 0.3) is 32.6 Å². The molecule has 0 aliphatic heterocycles. The molecule has 1 amide bonds. The number of nitrogens with two attached hydrogens (primary N) is 1. The van der Waals surface area contributed by atoms with Gasteiger partial charge in [-0.2, -0.15) is 0 Å². The fraction of sp³-hybridized carbons (Fsp3) is 0. The highest BCUT2D eigenvalue weighted by Crippen LogP contribution is 2.29. The Bertz CT molecular complexity index is 1020. The van der Waals surface area contributed by atoms with Gasteiger partial charge in [0.05, 0.1) is 16.6 Å². The minimum absolute atomic E-state index is 0.422. The second-order valence-electron chi connectivity index (χ2n) is 5.08.